The highest BCUT2D eigenvalue weighted by Gasteiger charge is 2.09. The molecule has 3 heterocycles. The molecule has 0 radical (unpaired) electrons. The summed E-state index contributed by atoms with van der Waals surface area (Å²) in [6.07, 6.45) is 7.14. The van der Waals surface area contributed by atoms with Crippen LogP contribution in [0.5, 0.6) is 5.75 Å². The predicted octanol–water partition coefficient (Wildman–Crippen LogP) is 4.02. The molecular weight excluding hydrogens is 432 g/mol. The van der Waals surface area contributed by atoms with Crippen LogP contribution in [0.3, 0.4) is 0 Å². The average Bonchev–Trinajstić information content (AvgIpc) is 3.46. The molecule has 3 aromatic heterocycles. The number of ether oxygens (including phenoxy) is 1. The molecule has 0 saturated heterocycles. The Morgan fingerprint density at radius 1 is 1.21 bits per heavy atom. The maximum absolute atomic E-state index is 12.5. The van der Waals surface area contributed by atoms with E-state index in [9.17, 15) is 4.79 Å². The highest BCUT2D eigenvalue weighted by molar-refractivity contribution is 6.08. The summed E-state index contributed by atoms with van der Waals surface area (Å²) < 4.78 is 10.5. The number of aryl methyl sites for hydroxylation is 2. The summed E-state index contributed by atoms with van der Waals surface area (Å²) in [5, 5.41) is 6.90. The van der Waals surface area contributed by atoms with Gasteiger partial charge < -0.3 is 14.1 Å². The quantitative estimate of drug-likeness (QED) is 0.219. The number of rotatable bonds is 7. The van der Waals surface area contributed by atoms with Crippen LogP contribution in [0.4, 0.5) is 5.95 Å². The molecular formula is C25H26N6O3. The number of hydrogen-bond acceptors (Lipinski definition) is 6. The lowest BCUT2D eigenvalue weighted by Gasteiger charge is -2.10. The Kier molecular flexibility index (Phi) is 7.02. The average molecular weight is 459 g/mol. The number of aromatic nitrogens is 3. The van der Waals surface area contributed by atoms with Crippen molar-refractivity contribution in [1.82, 2.24) is 20.3 Å². The predicted molar refractivity (Wildman–Crippen MR) is 132 cm³/mol. The van der Waals surface area contributed by atoms with Gasteiger partial charge in [-0.1, -0.05) is 0 Å². The number of anilines is 1. The second-order valence-electron chi connectivity index (χ2n) is 7.64. The largest absolute Gasteiger partial charge is 0.497 e. The zero-order chi connectivity index (χ0) is 23.9. The van der Waals surface area contributed by atoms with E-state index in [-0.39, 0.29) is 11.9 Å². The fourth-order valence-electron chi connectivity index (χ4n) is 3.49. The van der Waals surface area contributed by atoms with Crippen molar-refractivity contribution < 1.29 is 13.9 Å². The fourth-order valence-corrected chi connectivity index (χ4v) is 3.49. The standard InChI is InChI=1S/C25H26N6O3/c1-16-13-17(2)29-25(28-16)31-24(30-23(32)9-7-19-5-4-12-34-19)26-11-10-18-15-27-22-14-20(33-3)6-8-21(18)22/h4-9,12-15,27H,10-11H2,1-3H3,(H2,26,28,29,30,31,32)/b9-7+. The fraction of sp³-hybridized carbons (Fsp3) is 0.200. The number of aliphatic imine (C=N–C) groups is 1. The highest BCUT2D eigenvalue weighted by Crippen LogP contribution is 2.23. The number of furan rings is 1. The Bertz CT molecular complexity index is 1320. The lowest BCUT2D eigenvalue weighted by Crippen LogP contribution is -2.35. The normalized spacial score (nSPS) is 11.8. The van der Waals surface area contributed by atoms with E-state index in [0.717, 1.165) is 33.6 Å². The number of H-pyrrole nitrogens is 1. The van der Waals surface area contributed by atoms with Crippen LogP contribution in [0, 0.1) is 13.8 Å². The smallest absolute Gasteiger partial charge is 0.250 e. The summed E-state index contributed by atoms with van der Waals surface area (Å²) in [6, 6.07) is 11.3. The van der Waals surface area contributed by atoms with E-state index < -0.39 is 0 Å². The number of amides is 1. The second kappa shape index (κ2) is 10.5. The lowest BCUT2D eigenvalue weighted by molar-refractivity contribution is -0.115. The number of hydrogen-bond donors (Lipinski definition) is 3. The SMILES string of the molecule is COc1ccc2c(CCN=C(NC(=O)/C=C/c3ccco3)Nc3nc(C)cc(C)n3)c[nH]c2c1. The van der Waals surface area contributed by atoms with Gasteiger partial charge >= 0.3 is 0 Å². The molecule has 9 nitrogen and oxygen atoms in total. The van der Waals surface area contributed by atoms with Gasteiger partial charge in [-0.05, 0) is 62.2 Å². The van der Waals surface area contributed by atoms with Crippen molar-refractivity contribution in [3.05, 3.63) is 77.6 Å². The Hall–Kier alpha value is -4.40. The van der Waals surface area contributed by atoms with Crippen LogP contribution in [0.15, 0.2) is 64.3 Å². The molecule has 0 spiro atoms. The van der Waals surface area contributed by atoms with Crippen LogP contribution in [-0.2, 0) is 11.2 Å². The molecule has 0 aliphatic rings. The zero-order valence-electron chi connectivity index (χ0n) is 19.3. The zero-order valence-corrected chi connectivity index (χ0v) is 19.3. The van der Waals surface area contributed by atoms with E-state index in [1.807, 2.05) is 44.3 Å². The van der Waals surface area contributed by atoms with Gasteiger partial charge in [-0.3, -0.25) is 20.4 Å². The molecule has 0 unspecified atom stereocenters. The molecule has 0 fully saturated rings. The van der Waals surface area contributed by atoms with Crippen LogP contribution in [0.25, 0.3) is 17.0 Å². The van der Waals surface area contributed by atoms with Crippen LogP contribution in [-0.4, -0.2) is 40.5 Å². The molecule has 0 aliphatic heterocycles. The van der Waals surface area contributed by atoms with Crippen LogP contribution in [0.2, 0.25) is 0 Å². The van der Waals surface area contributed by atoms with Crippen LogP contribution >= 0.6 is 0 Å². The van der Waals surface area contributed by atoms with Crippen molar-refractivity contribution in [2.45, 2.75) is 20.3 Å². The number of fused-ring (bicyclic) bond motifs is 1. The second-order valence-corrected chi connectivity index (χ2v) is 7.64. The summed E-state index contributed by atoms with van der Waals surface area (Å²) in [4.78, 5) is 29.1. The number of guanidine groups is 1. The molecule has 0 aliphatic carbocycles. The van der Waals surface area contributed by atoms with E-state index in [1.165, 1.54) is 6.08 Å². The molecule has 0 bridgehead atoms. The first-order valence-electron chi connectivity index (χ1n) is 10.8. The first-order chi connectivity index (χ1) is 16.5. The summed E-state index contributed by atoms with van der Waals surface area (Å²) in [7, 11) is 1.64. The molecule has 3 N–H and O–H groups in total. The topological polar surface area (TPSA) is 117 Å². The van der Waals surface area contributed by atoms with Gasteiger partial charge in [-0.2, -0.15) is 0 Å². The summed E-state index contributed by atoms with van der Waals surface area (Å²) in [5.74, 6) is 1.65. The molecule has 1 aromatic carbocycles. The highest BCUT2D eigenvalue weighted by atomic mass is 16.5. The lowest BCUT2D eigenvalue weighted by atomic mass is 10.1. The van der Waals surface area contributed by atoms with Crippen molar-refractivity contribution in [2.75, 3.05) is 19.0 Å². The minimum absolute atomic E-state index is 0.264. The van der Waals surface area contributed by atoms with Crippen LogP contribution < -0.4 is 15.4 Å². The van der Waals surface area contributed by atoms with E-state index in [4.69, 9.17) is 9.15 Å². The maximum Gasteiger partial charge on any atom is 0.250 e. The minimum Gasteiger partial charge on any atom is -0.497 e. The van der Waals surface area contributed by atoms with Crippen molar-refractivity contribution in [2.24, 2.45) is 4.99 Å². The van der Waals surface area contributed by atoms with Gasteiger partial charge in [0.1, 0.15) is 11.5 Å². The van der Waals surface area contributed by atoms with Crippen molar-refractivity contribution in [1.29, 1.82) is 0 Å². The number of carbonyl (C=O) groups excluding carboxylic acids is 1. The molecule has 9 heteroatoms. The maximum atomic E-state index is 12.5. The van der Waals surface area contributed by atoms with E-state index in [2.05, 4.69) is 30.6 Å². The van der Waals surface area contributed by atoms with Crippen molar-refractivity contribution in [3.8, 4) is 5.75 Å². The van der Waals surface area contributed by atoms with Gasteiger partial charge in [0, 0.05) is 47.2 Å². The number of aromatic amines is 1. The van der Waals surface area contributed by atoms with Crippen LogP contribution in [0.1, 0.15) is 22.7 Å². The molecule has 174 valence electrons. The molecule has 0 saturated carbocycles. The monoisotopic (exact) mass is 458 g/mol. The van der Waals surface area contributed by atoms with Gasteiger partial charge in [0.15, 0.2) is 0 Å². The third-order valence-corrected chi connectivity index (χ3v) is 5.02. The van der Waals surface area contributed by atoms with Gasteiger partial charge in [0.05, 0.1) is 13.4 Å². The number of methoxy groups -OCH3 is 1. The number of carbonyl (C=O) groups is 1. The van der Waals surface area contributed by atoms with Gasteiger partial charge in [-0.25, -0.2) is 9.97 Å². The molecule has 0 atom stereocenters. The number of benzene rings is 1. The van der Waals surface area contributed by atoms with Gasteiger partial charge in [-0.15, -0.1) is 0 Å². The summed E-state index contributed by atoms with van der Waals surface area (Å²) in [5.41, 5.74) is 3.74. The van der Waals surface area contributed by atoms with E-state index in [0.29, 0.717) is 24.7 Å². The van der Waals surface area contributed by atoms with E-state index >= 15 is 0 Å². The third kappa shape index (κ3) is 5.89. The van der Waals surface area contributed by atoms with Crippen molar-refractivity contribution in [3.63, 3.8) is 0 Å². The Labute approximate surface area is 197 Å². The first kappa shape index (κ1) is 22.8. The molecule has 4 rings (SSSR count). The van der Waals surface area contributed by atoms with Gasteiger partial charge in [0.25, 0.3) is 5.91 Å². The van der Waals surface area contributed by atoms with E-state index in [1.54, 1.807) is 31.6 Å². The Morgan fingerprint density at radius 3 is 2.76 bits per heavy atom. The Balaban J connectivity index is 1.49. The summed E-state index contributed by atoms with van der Waals surface area (Å²) >= 11 is 0. The van der Waals surface area contributed by atoms with Crippen molar-refractivity contribution >= 4 is 34.8 Å². The number of nitrogens with one attached hydrogen (secondary N) is 3. The Morgan fingerprint density at radius 2 is 2.03 bits per heavy atom. The molecule has 4 aromatic rings. The minimum atomic E-state index is -0.355. The molecule has 1 amide bonds. The molecule has 34 heavy (non-hydrogen) atoms. The third-order valence-electron chi connectivity index (χ3n) is 5.02. The first-order valence-corrected chi connectivity index (χ1v) is 10.8. The van der Waals surface area contributed by atoms with Gasteiger partial charge in [0.2, 0.25) is 11.9 Å². The summed E-state index contributed by atoms with van der Waals surface area (Å²) in [6.45, 7) is 4.20. The number of nitrogens with zero attached hydrogens (tertiary/aromatic N) is 3.